The zero-order chi connectivity index (χ0) is 22.8. The zero-order valence-corrected chi connectivity index (χ0v) is 18.8. The number of aryl methyl sites for hydroxylation is 2. The summed E-state index contributed by atoms with van der Waals surface area (Å²) in [5.41, 5.74) is 3.78. The first kappa shape index (κ1) is 21.1. The van der Waals surface area contributed by atoms with Crippen LogP contribution in [0, 0.1) is 13.8 Å². The Morgan fingerprint density at radius 1 is 0.939 bits per heavy atom. The van der Waals surface area contributed by atoms with Crippen LogP contribution < -0.4 is 19.1 Å². The number of amides is 1. The van der Waals surface area contributed by atoms with E-state index < -0.39 is 0 Å². The molecular weight excluding hydrogens is 420 g/mol. The third kappa shape index (κ3) is 4.41. The Bertz CT molecular complexity index is 1140. The molecule has 0 bridgehead atoms. The minimum absolute atomic E-state index is 0.00143. The molecule has 0 unspecified atom stereocenters. The summed E-state index contributed by atoms with van der Waals surface area (Å²) in [6.45, 7) is 6.93. The van der Waals surface area contributed by atoms with E-state index in [0.717, 1.165) is 45.5 Å². The van der Waals surface area contributed by atoms with Crippen LogP contribution in [0.4, 0.5) is 5.82 Å². The van der Waals surface area contributed by atoms with Crippen molar-refractivity contribution < 1.29 is 19.0 Å². The molecule has 1 aromatic heterocycles. The fourth-order valence-corrected chi connectivity index (χ4v) is 4.14. The summed E-state index contributed by atoms with van der Waals surface area (Å²) in [6.07, 6.45) is 0. The molecule has 0 aliphatic carbocycles. The highest BCUT2D eigenvalue weighted by Gasteiger charge is 2.23. The van der Waals surface area contributed by atoms with Crippen LogP contribution in [-0.4, -0.2) is 60.6 Å². The number of nitrogens with zero attached hydrogens (tertiary/aromatic N) is 4. The van der Waals surface area contributed by atoms with E-state index in [1.165, 1.54) is 0 Å². The molecule has 2 aliphatic heterocycles. The van der Waals surface area contributed by atoms with Gasteiger partial charge in [-0.25, -0.2) is 0 Å². The van der Waals surface area contributed by atoms with Crippen LogP contribution in [0.3, 0.4) is 0 Å². The van der Waals surface area contributed by atoms with Gasteiger partial charge in [0.05, 0.1) is 5.69 Å². The lowest BCUT2D eigenvalue weighted by atomic mass is 10.1. The fourth-order valence-electron chi connectivity index (χ4n) is 4.14. The summed E-state index contributed by atoms with van der Waals surface area (Å²) in [5, 5.41) is 8.81. The number of ether oxygens (including phenoxy) is 3. The molecule has 0 radical (unpaired) electrons. The second kappa shape index (κ2) is 8.97. The third-order valence-corrected chi connectivity index (χ3v) is 6.02. The molecule has 8 nitrogen and oxygen atoms in total. The molecule has 0 saturated carbocycles. The SMILES string of the molecule is Cc1cccc(C)c1OCC(=O)N1CCN(c2ccc(-c3ccc4c(c3)OCO4)nn2)CC1. The maximum absolute atomic E-state index is 12.7. The molecule has 5 rings (SSSR count). The Hall–Kier alpha value is -3.81. The molecular formula is C25H26N4O4. The summed E-state index contributed by atoms with van der Waals surface area (Å²) in [4.78, 5) is 16.6. The van der Waals surface area contributed by atoms with Crippen LogP contribution in [0.5, 0.6) is 17.2 Å². The number of hydrogen-bond donors (Lipinski definition) is 0. The number of carbonyl (C=O) groups excluding carboxylic acids is 1. The van der Waals surface area contributed by atoms with Crippen LogP contribution in [0.2, 0.25) is 0 Å². The van der Waals surface area contributed by atoms with Crippen LogP contribution in [0.15, 0.2) is 48.5 Å². The van der Waals surface area contributed by atoms with E-state index >= 15 is 0 Å². The van der Waals surface area contributed by atoms with E-state index in [9.17, 15) is 4.79 Å². The molecule has 3 heterocycles. The van der Waals surface area contributed by atoms with Crippen molar-refractivity contribution >= 4 is 11.7 Å². The molecule has 0 spiro atoms. The molecule has 3 aromatic rings. The number of para-hydroxylation sites is 1. The zero-order valence-electron chi connectivity index (χ0n) is 18.8. The minimum atomic E-state index is 0.00143. The standard InChI is InChI=1S/C25H26N4O4/c1-17-4-3-5-18(2)25(17)31-15-24(30)29-12-10-28(11-13-29)23-9-7-20(26-27-23)19-6-8-21-22(14-19)33-16-32-21/h3-9,14H,10-13,15-16H2,1-2H3. The van der Waals surface area contributed by atoms with Gasteiger partial charge in [0.15, 0.2) is 23.9 Å². The highest BCUT2D eigenvalue weighted by Crippen LogP contribution is 2.35. The molecule has 0 N–H and O–H groups in total. The van der Waals surface area contributed by atoms with Gasteiger partial charge in [0, 0.05) is 31.7 Å². The van der Waals surface area contributed by atoms with Gasteiger partial charge in [0.2, 0.25) is 6.79 Å². The first-order chi connectivity index (χ1) is 16.1. The van der Waals surface area contributed by atoms with E-state index in [-0.39, 0.29) is 19.3 Å². The predicted octanol–water partition coefficient (Wildman–Crippen LogP) is 3.22. The van der Waals surface area contributed by atoms with Crippen LogP contribution in [-0.2, 0) is 4.79 Å². The van der Waals surface area contributed by atoms with Crippen molar-refractivity contribution in [3.8, 4) is 28.5 Å². The van der Waals surface area contributed by atoms with Gasteiger partial charge >= 0.3 is 0 Å². The normalized spacial score (nSPS) is 15.0. The highest BCUT2D eigenvalue weighted by molar-refractivity contribution is 5.78. The Morgan fingerprint density at radius 3 is 2.42 bits per heavy atom. The van der Waals surface area contributed by atoms with Gasteiger partial charge < -0.3 is 24.0 Å². The van der Waals surface area contributed by atoms with Gasteiger partial charge in [-0.05, 0) is 55.3 Å². The van der Waals surface area contributed by atoms with E-state index in [1.807, 2.05) is 67.3 Å². The molecule has 170 valence electrons. The maximum atomic E-state index is 12.7. The van der Waals surface area contributed by atoms with Crippen molar-refractivity contribution in [2.24, 2.45) is 0 Å². The lowest BCUT2D eigenvalue weighted by Crippen LogP contribution is -2.50. The summed E-state index contributed by atoms with van der Waals surface area (Å²) >= 11 is 0. The first-order valence-corrected chi connectivity index (χ1v) is 11.0. The summed E-state index contributed by atoms with van der Waals surface area (Å²) in [5.74, 6) is 3.07. The Morgan fingerprint density at radius 2 is 1.70 bits per heavy atom. The smallest absolute Gasteiger partial charge is 0.260 e. The molecule has 1 amide bonds. The Labute approximate surface area is 192 Å². The Balaban J connectivity index is 1.16. The van der Waals surface area contributed by atoms with Gasteiger partial charge in [0.1, 0.15) is 5.75 Å². The summed E-state index contributed by atoms with van der Waals surface area (Å²) in [6, 6.07) is 15.6. The topological polar surface area (TPSA) is 77.0 Å². The van der Waals surface area contributed by atoms with E-state index in [0.29, 0.717) is 26.2 Å². The number of aromatic nitrogens is 2. The van der Waals surface area contributed by atoms with Crippen LogP contribution >= 0.6 is 0 Å². The van der Waals surface area contributed by atoms with Crippen molar-refractivity contribution in [2.75, 3.05) is 44.5 Å². The number of piperazine rings is 1. The highest BCUT2D eigenvalue weighted by atomic mass is 16.7. The van der Waals surface area contributed by atoms with Crippen molar-refractivity contribution in [1.29, 1.82) is 0 Å². The lowest BCUT2D eigenvalue weighted by Gasteiger charge is -2.35. The summed E-state index contributed by atoms with van der Waals surface area (Å²) in [7, 11) is 0. The molecule has 1 fully saturated rings. The van der Waals surface area contributed by atoms with Crippen molar-refractivity contribution in [2.45, 2.75) is 13.8 Å². The molecule has 0 atom stereocenters. The Kier molecular flexibility index (Phi) is 5.73. The predicted molar refractivity (Wildman–Crippen MR) is 124 cm³/mol. The number of hydrogen-bond acceptors (Lipinski definition) is 7. The first-order valence-electron chi connectivity index (χ1n) is 11.0. The van der Waals surface area contributed by atoms with Gasteiger partial charge in [-0.2, -0.15) is 0 Å². The number of benzene rings is 2. The van der Waals surface area contributed by atoms with Crippen molar-refractivity contribution in [1.82, 2.24) is 15.1 Å². The number of carbonyl (C=O) groups is 1. The summed E-state index contributed by atoms with van der Waals surface area (Å²) < 4.78 is 16.6. The average molecular weight is 447 g/mol. The quantitative estimate of drug-likeness (QED) is 0.596. The largest absolute Gasteiger partial charge is 0.483 e. The monoisotopic (exact) mass is 446 g/mol. The third-order valence-electron chi connectivity index (χ3n) is 6.02. The van der Waals surface area contributed by atoms with Crippen LogP contribution in [0.1, 0.15) is 11.1 Å². The maximum Gasteiger partial charge on any atom is 0.260 e. The molecule has 2 aliphatic rings. The van der Waals surface area contributed by atoms with Gasteiger partial charge in [-0.3, -0.25) is 4.79 Å². The average Bonchev–Trinajstić information content (AvgIpc) is 3.32. The number of fused-ring (bicyclic) bond motifs is 1. The number of rotatable bonds is 5. The van der Waals surface area contributed by atoms with Gasteiger partial charge in [-0.15, -0.1) is 10.2 Å². The lowest BCUT2D eigenvalue weighted by molar-refractivity contribution is -0.133. The van der Waals surface area contributed by atoms with Crippen molar-refractivity contribution in [3.63, 3.8) is 0 Å². The van der Waals surface area contributed by atoms with Crippen molar-refractivity contribution in [3.05, 3.63) is 59.7 Å². The van der Waals surface area contributed by atoms with Crippen LogP contribution in [0.25, 0.3) is 11.3 Å². The molecule has 33 heavy (non-hydrogen) atoms. The fraction of sp³-hybridized carbons (Fsp3) is 0.320. The van der Waals surface area contributed by atoms with Gasteiger partial charge in [0.25, 0.3) is 5.91 Å². The van der Waals surface area contributed by atoms with E-state index in [4.69, 9.17) is 14.2 Å². The molecule has 1 saturated heterocycles. The second-order valence-corrected chi connectivity index (χ2v) is 8.22. The van der Waals surface area contributed by atoms with E-state index in [2.05, 4.69) is 15.1 Å². The van der Waals surface area contributed by atoms with E-state index in [1.54, 1.807) is 0 Å². The number of anilines is 1. The molecule has 2 aromatic carbocycles. The second-order valence-electron chi connectivity index (χ2n) is 8.22. The minimum Gasteiger partial charge on any atom is -0.483 e. The van der Waals surface area contributed by atoms with Gasteiger partial charge in [-0.1, -0.05) is 18.2 Å². The molecule has 8 heteroatoms.